The Bertz CT molecular complexity index is 695. The van der Waals surface area contributed by atoms with Crippen molar-refractivity contribution in [2.75, 3.05) is 13.2 Å². The molecule has 126 valence electrons. The average Bonchev–Trinajstić information content (AvgIpc) is 3.32. The van der Waals surface area contributed by atoms with Crippen LogP contribution in [0.4, 0.5) is 0 Å². The molecule has 0 radical (unpaired) electrons. The van der Waals surface area contributed by atoms with E-state index in [1.54, 1.807) is 11.3 Å². The predicted molar refractivity (Wildman–Crippen MR) is 93.7 cm³/mol. The van der Waals surface area contributed by atoms with Crippen molar-refractivity contribution in [2.45, 2.75) is 38.3 Å². The standard InChI is InChI=1S/C19H22N2O2S/c22-19(15-8-10-23-13-15)21(12-18-20-9-11-24-18)17-7-3-5-14-4-1-2-6-16(14)17/h1-2,4,6,9,11,15,17H,3,5,7-8,10,12-13H2/t15-,17+/m1/s1. The maximum Gasteiger partial charge on any atom is 0.228 e. The van der Waals surface area contributed by atoms with Gasteiger partial charge in [0.05, 0.1) is 25.1 Å². The third-order valence-corrected chi connectivity index (χ3v) is 5.83. The van der Waals surface area contributed by atoms with Gasteiger partial charge in [0, 0.05) is 18.2 Å². The molecule has 1 saturated heterocycles. The van der Waals surface area contributed by atoms with Crippen LogP contribution >= 0.6 is 11.3 Å². The van der Waals surface area contributed by atoms with Crippen LogP contribution in [-0.4, -0.2) is 29.0 Å². The number of hydrogen-bond donors (Lipinski definition) is 0. The third kappa shape index (κ3) is 3.10. The smallest absolute Gasteiger partial charge is 0.228 e. The van der Waals surface area contributed by atoms with Crippen molar-refractivity contribution in [1.29, 1.82) is 0 Å². The number of fused-ring (bicyclic) bond motifs is 1. The quantitative estimate of drug-likeness (QED) is 0.853. The lowest BCUT2D eigenvalue weighted by Gasteiger charge is -2.36. The minimum Gasteiger partial charge on any atom is -0.381 e. The highest BCUT2D eigenvalue weighted by molar-refractivity contribution is 7.09. The van der Waals surface area contributed by atoms with E-state index in [1.807, 2.05) is 11.6 Å². The van der Waals surface area contributed by atoms with Crippen LogP contribution in [0.15, 0.2) is 35.8 Å². The minimum absolute atomic E-state index is 0.000879. The molecule has 2 aromatic rings. The van der Waals surface area contributed by atoms with Gasteiger partial charge in [0.1, 0.15) is 5.01 Å². The summed E-state index contributed by atoms with van der Waals surface area (Å²) >= 11 is 1.62. The Kier molecular flexibility index (Phi) is 4.63. The molecule has 0 saturated carbocycles. The number of rotatable bonds is 4. The first-order valence-corrected chi connectivity index (χ1v) is 9.55. The molecule has 0 unspecified atom stereocenters. The number of aromatic nitrogens is 1. The van der Waals surface area contributed by atoms with Crippen molar-refractivity contribution in [3.8, 4) is 0 Å². The van der Waals surface area contributed by atoms with Crippen LogP contribution in [0.2, 0.25) is 0 Å². The van der Waals surface area contributed by atoms with Gasteiger partial charge in [-0.2, -0.15) is 0 Å². The van der Waals surface area contributed by atoms with Crippen LogP contribution in [0.5, 0.6) is 0 Å². The van der Waals surface area contributed by atoms with Crippen molar-refractivity contribution < 1.29 is 9.53 Å². The van der Waals surface area contributed by atoms with E-state index in [9.17, 15) is 4.79 Å². The Morgan fingerprint density at radius 1 is 1.33 bits per heavy atom. The monoisotopic (exact) mass is 342 g/mol. The maximum atomic E-state index is 13.2. The molecule has 1 fully saturated rings. The lowest BCUT2D eigenvalue weighted by atomic mass is 9.86. The van der Waals surface area contributed by atoms with Crippen molar-refractivity contribution in [3.63, 3.8) is 0 Å². The Labute approximate surface area is 146 Å². The van der Waals surface area contributed by atoms with Crippen LogP contribution in [0.1, 0.15) is 41.4 Å². The summed E-state index contributed by atoms with van der Waals surface area (Å²) in [7, 11) is 0. The van der Waals surface area contributed by atoms with Crippen LogP contribution in [0, 0.1) is 5.92 Å². The van der Waals surface area contributed by atoms with Crippen LogP contribution in [-0.2, 0) is 22.5 Å². The molecule has 1 aliphatic carbocycles. The third-order valence-electron chi connectivity index (χ3n) is 5.07. The first-order chi connectivity index (χ1) is 11.8. The molecular weight excluding hydrogens is 320 g/mol. The Morgan fingerprint density at radius 3 is 3.04 bits per heavy atom. The molecule has 1 amide bonds. The summed E-state index contributed by atoms with van der Waals surface area (Å²) in [5.74, 6) is 0.225. The number of aryl methyl sites for hydroxylation is 1. The zero-order valence-corrected chi connectivity index (χ0v) is 14.5. The van der Waals surface area contributed by atoms with Gasteiger partial charge in [-0.1, -0.05) is 24.3 Å². The fourth-order valence-corrected chi connectivity index (χ4v) is 4.45. The number of ether oxygens (including phenoxy) is 1. The average molecular weight is 342 g/mol. The van der Waals surface area contributed by atoms with Gasteiger partial charge in [0.15, 0.2) is 0 Å². The first kappa shape index (κ1) is 15.8. The highest BCUT2D eigenvalue weighted by Gasteiger charge is 2.35. The van der Waals surface area contributed by atoms with Crippen LogP contribution in [0.25, 0.3) is 0 Å². The van der Waals surface area contributed by atoms with E-state index < -0.39 is 0 Å². The molecule has 1 aromatic heterocycles. The Balaban J connectivity index is 1.66. The lowest BCUT2D eigenvalue weighted by molar-refractivity contribution is -0.139. The second kappa shape index (κ2) is 7.03. The summed E-state index contributed by atoms with van der Waals surface area (Å²) in [6, 6.07) is 8.73. The van der Waals surface area contributed by atoms with E-state index in [1.165, 1.54) is 11.1 Å². The second-order valence-corrected chi connectivity index (χ2v) is 7.54. The van der Waals surface area contributed by atoms with Gasteiger partial charge in [-0.15, -0.1) is 11.3 Å². The van der Waals surface area contributed by atoms with Crippen molar-refractivity contribution in [2.24, 2.45) is 5.92 Å². The number of amides is 1. The summed E-state index contributed by atoms with van der Waals surface area (Å²) in [4.78, 5) is 19.7. The molecule has 5 heteroatoms. The van der Waals surface area contributed by atoms with Gasteiger partial charge in [-0.05, 0) is 36.8 Å². The van der Waals surface area contributed by atoms with Gasteiger partial charge < -0.3 is 9.64 Å². The molecule has 0 bridgehead atoms. The molecule has 4 rings (SSSR count). The number of thiazole rings is 1. The van der Waals surface area contributed by atoms with E-state index in [0.29, 0.717) is 19.8 Å². The number of benzene rings is 1. The van der Waals surface area contributed by atoms with E-state index in [4.69, 9.17) is 4.74 Å². The summed E-state index contributed by atoms with van der Waals surface area (Å²) in [6.45, 7) is 1.86. The van der Waals surface area contributed by atoms with E-state index >= 15 is 0 Å². The number of carbonyl (C=O) groups excluding carboxylic acids is 1. The fraction of sp³-hybridized carbons (Fsp3) is 0.474. The van der Waals surface area contributed by atoms with Gasteiger partial charge in [-0.3, -0.25) is 4.79 Å². The minimum atomic E-state index is -0.000879. The number of hydrogen-bond acceptors (Lipinski definition) is 4. The summed E-state index contributed by atoms with van der Waals surface area (Å²) in [5, 5.41) is 2.98. The molecule has 4 nitrogen and oxygen atoms in total. The second-order valence-electron chi connectivity index (χ2n) is 6.56. The molecule has 2 atom stereocenters. The highest BCUT2D eigenvalue weighted by atomic mass is 32.1. The normalized spacial score (nSPS) is 23.0. The Hall–Kier alpha value is -1.72. The molecule has 2 aliphatic rings. The van der Waals surface area contributed by atoms with Gasteiger partial charge >= 0.3 is 0 Å². The summed E-state index contributed by atoms with van der Waals surface area (Å²) < 4.78 is 5.46. The lowest BCUT2D eigenvalue weighted by Crippen LogP contribution is -2.40. The van der Waals surface area contributed by atoms with E-state index in [-0.39, 0.29) is 17.9 Å². The predicted octanol–water partition coefficient (Wildman–Crippen LogP) is 3.59. The fourth-order valence-electron chi connectivity index (χ4n) is 3.83. The first-order valence-electron chi connectivity index (χ1n) is 8.67. The number of nitrogens with zero attached hydrogens (tertiary/aromatic N) is 2. The Morgan fingerprint density at radius 2 is 2.25 bits per heavy atom. The molecule has 2 heterocycles. The van der Waals surface area contributed by atoms with Crippen LogP contribution in [0.3, 0.4) is 0 Å². The van der Waals surface area contributed by atoms with Crippen molar-refractivity contribution in [1.82, 2.24) is 9.88 Å². The molecule has 0 spiro atoms. The van der Waals surface area contributed by atoms with Gasteiger partial charge in [0.25, 0.3) is 0 Å². The van der Waals surface area contributed by atoms with Crippen LogP contribution < -0.4 is 0 Å². The summed E-state index contributed by atoms with van der Waals surface area (Å²) in [5.41, 5.74) is 2.70. The molecule has 0 N–H and O–H groups in total. The molecule has 1 aromatic carbocycles. The van der Waals surface area contributed by atoms with Crippen molar-refractivity contribution in [3.05, 3.63) is 52.0 Å². The largest absolute Gasteiger partial charge is 0.381 e. The topological polar surface area (TPSA) is 42.4 Å². The SMILES string of the molecule is O=C([C@@H]1CCOC1)N(Cc1nccs1)[C@H]1CCCc2ccccc21. The highest BCUT2D eigenvalue weighted by Crippen LogP contribution is 2.36. The number of carbonyl (C=O) groups is 1. The van der Waals surface area contributed by atoms with Gasteiger partial charge in [-0.25, -0.2) is 4.98 Å². The molecular formula is C19H22N2O2S. The molecule has 1 aliphatic heterocycles. The summed E-state index contributed by atoms with van der Waals surface area (Å²) in [6.07, 6.45) is 5.92. The van der Waals surface area contributed by atoms with Gasteiger partial charge in [0.2, 0.25) is 5.91 Å². The van der Waals surface area contributed by atoms with E-state index in [0.717, 1.165) is 30.7 Å². The van der Waals surface area contributed by atoms with E-state index in [2.05, 4.69) is 34.1 Å². The molecule has 24 heavy (non-hydrogen) atoms. The zero-order valence-electron chi connectivity index (χ0n) is 13.7. The zero-order chi connectivity index (χ0) is 16.4. The maximum absolute atomic E-state index is 13.2. The van der Waals surface area contributed by atoms with Crippen molar-refractivity contribution >= 4 is 17.2 Å².